The van der Waals surface area contributed by atoms with Crippen LogP contribution in [0.3, 0.4) is 0 Å². The molecular formula is C77H132O5. The molecule has 0 radical (unpaired) electrons. The minimum absolute atomic E-state index is 0.0662. The van der Waals surface area contributed by atoms with Gasteiger partial charge in [0, 0.05) is 12.8 Å². The molecule has 1 unspecified atom stereocenters. The van der Waals surface area contributed by atoms with Gasteiger partial charge in [0.15, 0.2) is 6.10 Å². The lowest BCUT2D eigenvalue weighted by Crippen LogP contribution is -2.28. The molecule has 0 amide bonds. The van der Waals surface area contributed by atoms with Crippen molar-refractivity contribution in [2.75, 3.05) is 13.2 Å². The Labute approximate surface area is 509 Å². The van der Waals surface area contributed by atoms with Crippen LogP contribution in [0.1, 0.15) is 335 Å². The van der Waals surface area contributed by atoms with Crippen LogP contribution in [0.25, 0.3) is 0 Å². The SMILES string of the molecule is CC/C=C\C/C=C\C/C=C\C/C=C\C/C=C\C/C=C\CCCCCCCCCCCCCCCCCCCCCCC(=O)OC(CO)COC(=O)CCCCCCCCCCCCCCCCCC/C=C\C/C=C\C/C=C\C/C=C\CC. The Bertz CT molecular complexity index is 1620. The molecule has 82 heavy (non-hydrogen) atoms. The number of carbonyl (C=O) groups excluding carboxylic acids is 2. The highest BCUT2D eigenvalue weighted by molar-refractivity contribution is 5.70. The maximum Gasteiger partial charge on any atom is 0.306 e. The summed E-state index contributed by atoms with van der Waals surface area (Å²) in [5, 5.41) is 9.71. The third-order valence-electron chi connectivity index (χ3n) is 15.3. The maximum absolute atomic E-state index is 12.4. The van der Waals surface area contributed by atoms with Crippen molar-refractivity contribution in [1.82, 2.24) is 0 Å². The highest BCUT2D eigenvalue weighted by atomic mass is 16.6. The Morgan fingerprint density at radius 1 is 0.280 bits per heavy atom. The average molecular weight is 1140 g/mol. The summed E-state index contributed by atoms with van der Waals surface area (Å²) in [7, 11) is 0. The second kappa shape index (κ2) is 71.6. The van der Waals surface area contributed by atoms with Crippen molar-refractivity contribution >= 4 is 11.9 Å². The minimum atomic E-state index is -0.777. The number of aliphatic hydroxyl groups is 1. The number of hydrogen-bond donors (Lipinski definition) is 1. The molecule has 5 nitrogen and oxygen atoms in total. The zero-order chi connectivity index (χ0) is 59.1. The first kappa shape index (κ1) is 78.3. The Morgan fingerprint density at radius 3 is 0.732 bits per heavy atom. The molecule has 1 atom stereocenters. The first-order valence-electron chi connectivity index (χ1n) is 35.1. The van der Waals surface area contributed by atoms with Crippen LogP contribution < -0.4 is 0 Å². The van der Waals surface area contributed by atoms with Gasteiger partial charge in [-0.1, -0.05) is 341 Å². The van der Waals surface area contributed by atoms with Crippen molar-refractivity contribution < 1.29 is 24.2 Å². The molecule has 0 aromatic heterocycles. The van der Waals surface area contributed by atoms with Crippen LogP contribution in [-0.4, -0.2) is 36.4 Å². The maximum atomic E-state index is 12.4. The van der Waals surface area contributed by atoms with Gasteiger partial charge in [-0.2, -0.15) is 0 Å². The summed E-state index contributed by atoms with van der Waals surface area (Å²) >= 11 is 0. The molecule has 0 rings (SSSR count). The highest BCUT2D eigenvalue weighted by Crippen LogP contribution is 2.18. The topological polar surface area (TPSA) is 72.8 Å². The van der Waals surface area contributed by atoms with E-state index in [0.29, 0.717) is 12.8 Å². The van der Waals surface area contributed by atoms with Crippen molar-refractivity contribution in [1.29, 1.82) is 0 Å². The Morgan fingerprint density at radius 2 is 0.488 bits per heavy atom. The van der Waals surface area contributed by atoms with E-state index < -0.39 is 6.10 Å². The molecule has 1 N–H and O–H groups in total. The second-order valence-electron chi connectivity index (χ2n) is 23.2. The molecule has 0 aliphatic heterocycles. The van der Waals surface area contributed by atoms with Gasteiger partial charge in [-0.05, 0) is 103 Å². The molecule has 0 aromatic carbocycles. The van der Waals surface area contributed by atoms with Crippen molar-refractivity contribution in [3.8, 4) is 0 Å². The number of rotatable bonds is 64. The summed E-state index contributed by atoms with van der Waals surface area (Å²) in [5.74, 6) is -0.579. The minimum Gasteiger partial charge on any atom is -0.462 e. The lowest BCUT2D eigenvalue weighted by molar-refractivity contribution is -0.161. The van der Waals surface area contributed by atoms with Crippen LogP contribution in [-0.2, 0) is 19.1 Å². The predicted molar refractivity (Wildman–Crippen MR) is 362 cm³/mol. The summed E-state index contributed by atoms with van der Waals surface area (Å²) in [6, 6.07) is 0. The molecule has 0 aromatic rings. The van der Waals surface area contributed by atoms with Gasteiger partial charge in [0.2, 0.25) is 0 Å². The van der Waals surface area contributed by atoms with E-state index in [1.165, 1.54) is 205 Å². The van der Waals surface area contributed by atoms with Gasteiger partial charge in [-0.3, -0.25) is 9.59 Å². The molecule has 5 heteroatoms. The van der Waals surface area contributed by atoms with Gasteiger partial charge >= 0.3 is 11.9 Å². The number of hydrogen-bond acceptors (Lipinski definition) is 5. The van der Waals surface area contributed by atoms with Crippen LogP contribution in [0, 0.1) is 0 Å². The number of unbranched alkanes of at least 4 members (excludes halogenated alkanes) is 36. The van der Waals surface area contributed by atoms with E-state index >= 15 is 0 Å². The number of esters is 2. The Balaban J connectivity index is 3.44. The van der Waals surface area contributed by atoms with Crippen molar-refractivity contribution in [2.45, 2.75) is 341 Å². The molecule has 0 spiro atoms. The van der Waals surface area contributed by atoms with Crippen LogP contribution in [0.5, 0.6) is 0 Å². The standard InChI is InChI=1S/C77H132O5/c1-3-5-7-9-11-13-15-17-19-21-23-25-27-29-31-33-34-35-36-37-38-39-40-41-42-44-46-48-50-52-54-56-58-60-62-64-66-68-70-72-77(80)82-75(73-78)74-81-76(79)71-69-67-65-63-61-59-57-55-53-51-49-47-45-43-32-30-28-26-24-22-20-18-16-14-12-10-8-6-4-2/h5-8,11-14,17-20,23-26,29,31,34-35,75,78H,3-4,9-10,15-16,21-22,27-28,30,32-33,36-74H2,1-2H3/b7-5-,8-6-,13-11-,14-12-,19-17-,20-18-,25-23-,26-24-,31-29-,35-34-. The fourth-order valence-corrected chi connectivity index (χ4v) is 10.1. The average Bonchev–Trinajstić information content (AvgIpc) is 3.49. The summed E-state index contributed by atoms with van der Waals surface area (Å²) in [5.41, 5.74) is 0. The normalized spacial score (nSPS) is 13.0. The summed E-state index contributed by atoms with van der Waals surface area (Å²) in [6.45, 7) is 3.95. The Kier molecular flexibility index (Phi) is 68.3. The third-order valence-corrected chi connectivity index (χ3v) is 15.3. The number of carbonyl (C=O) groups is 2. The van der Waals surface area contributed by atoms with Gasteiger partial charge in [0.25, 0.3) is 0 Å². The largest absolute Gasteiger partial charge is 0.462 e. The molecular weight excluding hydrogens is 1000 g/mol. The van der Waals surface area contributed by atoms with E-state index in [9.17, 15) is 14.7 Å². The summed E-state index contributed by atoms with van der Waals surface area (Å²) < 4.78 is 10.8. The summed E-state index contributed by atoms with van der Waals surface area (Å²) in [6.07, 6.45) is 105. The van der Waals surface area contributed by atoms with Crippen molar-refractivity contribution in [3.05, 3.63) is 122 Å². The molecule has 0 saturated carbocycles. The van der Waals surface area contributed by atoms with E-state index in [1.807, 2.05) is 0 Å². The summed E-state index contributed by atoms with van der Waals surface area (Å²) in [4.78, 5) is 24.7. The van der Waals surface area contributed by atoms with Gasteiger partial charge in [0.05, 0.1) is 6.61 Å². The third kappa shape index (κ3) is 68.8. The first-order valence-corrected chi connectivity index (χ1v) is 35.1. The van der Waals surface area contributed by atoms with Crippen LogP contribution in [0.15, 0.2) is 122 Å². The first-order chi connectivity index (χ1) is 40.6. The van der Waals surface area contributed by atoms with E-state index in [2.05, 4.69) is 135 Å². The predicted octanol–water partition coefficient (Wildman–Crippen LogP) is 24.5. The van der Waals surface area contributed by atoms with E-state index in [1.54, 1.807) is 0 Å². The van der Waals surface area contributed by atoms with E-state index in [-0.39, 0.29) is 25.2 Å². The van der Waals surface area contributed by atoms with Gasteiger partial charge < -0.3 is 14.6 Å². The highest BCUT2D eigenvalue weighted by Gasteiger charge is 2.16. The molecule has 0 fully saturated rings. The lowest BCUT2D eigenvalue weighted by atomic mass is 10.0. The van der Waals surface area contributed by atoms with Crippen LogP contribution >= 0.6 is 0 Å². The fourth-order valence-electron chi connectivity index (χ4n) is 10.1. The number of ether oxygens (including phenoxy) is 2. The monoisotopic (exact) mass is 1140 g/mol. The second-order valence-corrected chi connectivity index (χ2v) is 23.2. The zero-order valence-corrected chi connectivity index (χ0v) is 54.0. The Hall–Kier alpha value is -3.70. The molecule has 0 bridgehead atoms. The molecule has 0 aliphatic rings. The van der Waals surface area contributed by atoms with Crippen LogP contribution in [0.2, 0.25) is 0 Å². The van der Waals surface area contributed by atoms with Crippen LogP contribution in [0.4, 0.5) is 0 Å². The lowest BCUT2D eigenvalue weighted by Gasteiger charge is -2.15. The van der Waals surface area contributed by atoms with Crippen molar-refractivity contribution in [3.63, 3.8) is 0 Å². The van der Waals surface area contributed by atoms with Crippen molar-refractivity contribution in [2.24, 2.45) is 0 Å². The molecule has 0 saturated heterocycles. The number of allylic oxidation sites excluding steroid dienone is 20. The molecule has 0 heterocycles. The molecule has 0 aliphatic carbocycles. The van der Waals surface area contributed by atoms with E-state index in [4.69, 9.17) is 9.47 Å². The van der Waals surface area contributed by atoms with Gasteiger partial charge in [-0.25, -0.2) is 0 Å². The number of aliphatic hydroxyl groups excluding tert-OH is 1. The zero-order valence-electron chi connectivity index (χ0n) is 54.0. The quantitative estimate of drug-likeness (QED) is 0.0373. The van der Waals surface area contributed by atoms with E-state index in [0.717, 1.165) is 103 Å². The van der Waals surface area contributed by atoms with Gasteiger partial charge in [0.1, 0.15) is 6.61 Å². The fraction of sp³-hybridized carbons (Fsp3) is 0.714. The van der Waals surface area contributed by atoms with Gasteiger partial charge in [-0.15, -0.1) is 0 Å². The molecule has 470 valence electrons. The smallest absolute Gasteiger partial charge is 0.306 e.